The van der Waals surface area contributed by atoms with E-state index in [1.165, 1.54) is 18.8 Å². The molecular formula is C17H16F3N5O2S. The molecule has 3 aromatic rings. The zero-order chi connectivity index (χ0) is 20.6. The molecule has 0 unspecified atom stereocenters. The molecule has 3 rings (SSSR count). The van der Waals surface area contributed by atoms with E-state index in [-0.39, 0.29) is 5.16 Å². The molecule has 0 aliphatic rings. The topological polar surface area (TPSA) is 74.8 Å². The number of benzene rings is 1. The van der Waals surface area contributed by atoms with E-state index in [0.717, 1.165) is 16.3 Å². The van der Waals surface area contributed by atoms with Gasteiger partial charge >= 0.3 is 6.18 Å². The molecule has 0 aliphatic carbocycles. The molecule has 11 heteroatoms. The van der Waals surface area contributed by atoms with Crippen LogP contribution in [0, 0.1) is 13.8 Å². The summed E-state index contributed by atoms with van der Waals surface area (Å²) in [6.45, 7) is 3.33. The van der Waals surface area contributed by atoms with Crippen molar-refractivity contribution in [2.24, 2.45) is 7.05 Å². The lowest BCUT2D eigenvalue weighted by molar-refractivity contribution is -0.147. The van der Waals surface area contributed by atoms with E-state index >= 15 is 0 Å². The van der Waals surface area contributed by atoms with Gasteiger partial charge in [-0.25, -0.2) is 0 Å². The highest BCUT2D eigenvalue weighted by atomic mass is 32.2. The zero-order valence-electron chi connectivity index (χ0n) is 15.4. The Morgan fingerprint density at radius 3 is 2.46 bits per heavy atom. The first-order valence-corrected chi connectivity index (χ1v) is 8.85. The molecule has 0 N–H and O–H groups in total. The van der Waals surface area contributed by atoms with E-state index in [0.29, 0.717) is 27.6 Å². The standard InChI is InChI=1S/C17H16F3N5O2S/c1-9-13(28-16-22-21-15(24(16)3)17(18,19)20)10(2)25(23-9)14(26)11-7-5-6-8-12(11)27-4/h5-8H,1-4H3. The molecule has 0 saturated carbocycles. The minimum absolute atomic E-state index is 0.0443. The Hall–Kier alpha value is -2.82. The van der Waals surface area contributed by atoms with Crippen molar-refractivity contribution in [1.82, 2.24) is 24.5 Å². The Kier molecular flexibility index (Phi) is 5.20. The molecule has 0 fully saturated rings. The van der Waals surface area contributed by atoms with Crippen molar-refractivity contribution in [2.75, 3.05) is 7.11 Å². The van der Waals surface area contributed by atoms with Crippen molar-refractivity contribution < 1.29 is 22.7 Å². The third-order valence-electron chi connectivity index (χ3n) is 4.04. The maximum absolute atomic E-state index is 12.9. The van der Waals surface area contributed by atoms with Gasteiger partial charge in [-0.2, -0.15) is 23.0 Å². The van der Waals surface area contributed by atoms with Gasteiger partial charge in [0.15, 0.2) is 5.16 Å². The van der Waals surface area contributed by atoms with Crippen molar-refractivity contribution in [1.29, 1.82) is 0 Å². The van der Waals surface area contributed by atoms with Crippen molar-refractivity contribution in [2.45, 2.75) is 30.1 Å². The van der Waals surface area contributed by atoms with E-state index in [9.17, 15) is 18.0 Å². The second-order valence-corrected chi connectivity index (χ2v) is 6.86. The molecule has 2 aromatic heterocycles. The van der Waals surface area contributed by atoms with E-state index in [2.05, 4.69) is 15.3 Å². The number of halogens is 3. The van der Waals surface area contributed by atoms with Crippen LogP contribution in [0.1, 0.15) is 27.6 Å². The lowest BCUT2D eigenvalue weighted by Gasteiger charge is -2.08. The molecule has 0 bridgehead atoms. The molecule has 0 atom stereocenters. The molecule has 0 radical (unpaired) electrons. The van der Waals surface area contributed by atoms with Gasteiger partial charge in [-0.15, -0.1) is 10.2 Å². The molecule has 28 heavy (non-hydrogen) atoms. The van der Waals surface area contributed by atoms with Gasteiger partial charge in [-0.1, -0.05) is 12.1 Å². The van der Waals surface area contributed by atoms with Crippen LogP contribution < -0.4 is 4.74 Å². The van der Waals surface area contributed by atoms with Crippen LogP contribution in [-0.4, -0.2) is 37.6 Å². The van der Waals surface area contributed by atoms with Crippen LogP contribution >= 0.6 is 11.8 Å². The summed E-state index contributed by atoms with van der Waals surface area (Å²) in [7, 11) is 2.70. The van der Waals surface area contributed by atoms with Crippen molar-refractivity contribution >= 4 is 17.7 Å². The van der Waals surface area contributed by atoms with E-state index < -0.39 is 17.9 Å². The molecule has 2 heterocycles. The molecule has 0 spiro atoms. The average molecular weight is 411 g/mol. The van der Waals surface area contributed by atoms with Crippen LogP contribution in [-0.2, 0) is 13.2 Å². The molecule has 148 valence electrons. The number of alkyl halides is 3. The predicted molar refractivity (Wildman–Crippen MR) is 94.6 cm³/mol. The fourth-order valence-electron chi connectivity index (χ4n) is 2.65. The fourth-order valence-corrected chi connectivity index (χ4v) is 3.56. The number of hydrogen-bond donors (Lipinski definition) is 0. The number of methoxy groups -OCH3 is 1. The largest absolute Gasteiger partial charge is 0.496 e. The highest BCUT2D eigenvalue weighted by Crippen LogP contribution is 2.35. The Morgan fingerprint density at radius 2 is 1.86 bits per heavy atom. The van der Waals surface area contributed by atoms with Gasteiger partial charge in [0, 0.05) is 7.05 Å². The summed E-state index contributed by atoms with van der Waals surface area (Å²) >= 11 is 0.970. The van der Waals surface area contributed by atoms with E-state index in [1.807, 2.05) is 0 Å². The van der Waals surface area contributed by atoms with Gasteiger partial charge in [-0.05, 0) is 37.7 Å². The summed E-state index contributed by atoms with van der Waals surface area (Å²) in [4.78, 5) is 13.4. The molecular weight excluding hydrogens is 395 g/mol. The van der Waals surface area contributed by atoms with Crippen LogP contribution in [0.25, 0.3) is 0 Å². The molecule has 0 saturated heterocycles. The number of rotatable bonds is 4. The minimum Gasteiger partial charge on any atom is -0.496 e. The SMILES string of the molecule is COc1ccccc1C(=O)n1nc(C)c(Sc2nnc(C(F)(F)F)n2C)c1C. The fraction of sp³-hybridized carbons (Fsp3) is 0.294. The van der Waals surface area contributed by atoms with Crippen molar-refractivity contribution in [3.05, 3.63) is 47.0 Å². The third kappa shape index (κ3) is 3.49. The summed E-state index contributed by atoms with van der Waals surface area (Å²) in [6.07, 6.45) is -4.60. The Labute approximate surface area is 162 Å². The quantitative estimate of drug-likeness (QED) is 0.654. The lowest BCUT2D eigenvalue weighted by Crippen LogP contribution is -2.16. The van der Waals surface area contributed by atoms with Crippen molar-refractivity contribution in [3.63, 3.8) is 0 Å². The summed E-state index contributed by atoms with van der Waals surface area (Å²) < 4.78 is 46.1. The van der Waals surface area contributed by atoms with Gasteiger partial charge < -0.3 is 9.30 Å². The van der Waals surface area contributed by atoms with Gasteiger partial charge in [0.05, 0.1) is 29.0 Å². The Balaban J connectivity index is 1.97. The zero-order valence-corrected chi connectivity index (χ0v) is 16.2. The average Bonchev–Trinajstić information content (AvgIpc) is 3.15. The first kappa shape index (κ1) is 19.9. The van der Waals surface area contributed by atoms with E-state index in [4.69, 9.17) is 4.74 Å². The first-order valence-electron chi connectivity index (χ1n) is 8.03. The summed E-state index contributed by atoms with van der Waals surface area (Å²) in [5.74, 6) is -1.10. The van der Waals surface area contributed by atoms with Gasteiger partial charge in [-0.3, -0.25) is 4.79 Å². The highest BCUT2D eigenvalue weighted by Gasteiger charge is 2.37. The lowest BCUT2D eigenvalue weighted by atomic mass is 10.2. The Bertz CT molecular complexity index is 1040. The van der Waals surface area contributed by atoms with Crippen LogP contribution in [0.2, 0.25) is 0 Å². The van der Waals surface area contributed by atoms with Crippen LogP contribution in [0.15, 0.2) is 34.3 Å². The number of hydrogen-bond acceptors (Lipinski definition) is 6. The van der Waals surface area contributed by atoms with Crippen LogP contribution in [0.3, 0.4) is 0 Å². The number of para-hydroxylation sites is 1. The third-order valence-corrected chi connectivity index (χ3v) is 5.37. The van der Waals surface area contributed by atoms with Gasteiger partial charge in [0.25, 0.3) is 5.91 Å². The van der Waals surface area contributed by atoms with Crippen molar-refractivity contribution in [3.8, 4) is 5.75 Å². The Morgan fingerprint density at radius 1 is 1.18 bits per heavy atom. The molecule has 1 aromatic carbocycles. The summed E-state index contributed by atoms with van der Waals surface area (Å²) in [5, 5.41) is 11.1. The maximum Gasteiger partial charge on any atom is 0.451 e. The van der Waals surface area contributed by atoms with Crippen LogP contribution in [0.5, 0.6) is 5.75 Å². The van der Waals surface area contributed by atoms with E-state index in [1.54, 1.807) is 38.1 Å². The first-order chi connectivity index (χ1) is 13.1. The van der Waals surface area contributed by atoms with Crippen LogP contribution in [0.4, 0.5) is 13.2 Å². The molecule has 7 nitrogen and oxygen atoms in total. The summed E-state index contributed by atoms with van der Waals surface area (Å²) in [5.41, 5.74) is 1.29. The second-order valence-electron chi connectivity index (χ2n) is 5.88. The molecule has 0 amide bonds. The summed E-state index contributed by atoms with van der Waals surface area (Å²) in [6, 6.07) is 6.72. The maximum atomic E-state index is 12.9. The number of aryl methyl sites for hydroxylation is 1. The number of carbonyl (C=O) groups is 1. The molecule has 0 aliphatic heterocycles. The number of aromatic nitrogens is 5. The van der Waals surface area contributed by atoms with Gasteiger partial charge in [0.1, 0.15) is 5.75 Å². The highest BCUT2D eigenvalue weighted by molar-refractivity contribution is 7.99. The smallest absolute Gasteiger partial charge is 0.451 e. The monoisotopic (exact) mass is 411 g/mol. The van der Waals surface area contributed by atoms with Gasteiger partial charge in [0.2, 0.25) is 5.82 Å². The second kappa shape index (κ2) is 7.30. The normalized spacial score (nSPS) is 11.7. The predicted octanol–water partition coefficient (Wildman–Crippen LogP) is 3.50. The number of ether oxygens (including phenoxy) is 1. The minimum atomic E-state index is -4.60. The number of carbonyl (C=O) groups excluding carboxylic acids is 1. The number of nitrogens with zero attached hydrogens (tertiary/aromatic N) is 5.